The standard InChI is InChI=1S/C30H26N8O2/c1-3-27(39)38-14-12-22(13-15-38)40-26-11-9-19-8-10-21(16-24(19)34-26)33-30-32-18-20(17-31)28(35-30)29-23-6-4-5-7-25(23)37(2)36-29/h3-11,16,18,22H,1,12-15H2,2H3,(H,32,33,35). The van der Waals surface area contributed by atoms with Crippen molar-refractivity contribution >= 4 is 39.3 Å². The first-order chi connectivity index (χ1) is 19.5. The van der Waals surface area contributed by atoms with Crippen LogP contribution in [0.15, 0.2) is 73.4 Å². The van der Waals surface area contributed by atoms with Gasteiger partial charge in [-0.15, -0.1) is 0 Å². The molecule has 0 saturated carbocycles. The van der Waals surface area contributed by atoms with E-state index in [2.05, 4.69) is 33.0 Å². The summed E-state index contributed by atoms with van der Waals surface area (Å²) >= 11 is 0. The molecule has 1 aliphatic heterocycles. The summed E-state index contributed by atoms with van der Waals surface area (Å²) in [5.74, 6) is 0.836. The van der Waals surface area contributed by atoms with Gasteiger partial charge in [-0.25, -0.2) is 15.0 Å². The maximum absolute atomic E-state index is 11.8. The molecule has 0 unspecified atom stereocenters. The second-order valence-corrected chi connectivity index (χ2v) is 9.59. The van der Waals surface area contributed by atoms with Gasteiger partial charge in [-0.3, -0.25) is 9.48 Å². The Kier molecular flexibility index (Phi) is 6.54. The number of aromatic nitrogens is 5. The van der Waals surface area contributed by atoms with Crippen LogP contribution in [0.3, 0.4) is 0 Å². The van der Waals surface area contributed by atoms with E-state index < -0.39 is 0 Å². The van der Waals surface area contributed by atoms with E-state index in [1.54, 1.807) is 9.58 Å². The van der Waals surface area contributed by atoms with Crippen LogP contribution >= 0.6 is 0 Å². The first-order valence-electron chi connectivity index (χ1n) is 13.0. The summed E-state index contributed by atoms with van der Waals surface area (Å²) in [6.45, 7) is 4.83. The Morgan fingerprint density at radius 3 is 2.73 bits per heavy atom. The first kappa shape index (κ1) is 25.0. The fourth-order valence-corrected chi connectivity index (χ4v) is 4.96. The molecule has 198 valence electrons. The molecule has 4 heterocycles. The average Bonchev–Trinajstić information content (AvgIpc) is 3.33. The number of amides is 1. The highest BCUT2D eigenvalue weighted by atomic mass is 16.5. The zero-order chi connectivity index (χ0) is 27.6. The predicted molar refractivity (Wildman–Crippen MR) is 152 cm³/mol. The molecule has 5 aromatic rings. The summed E-state index contributed by atoms with van der Waals surface area (Å²) in [7, 11) is 1.87. The fourth-order valence-electron chi connectivity index (χ4n) is 4.96. The van der Waals surface area contributed by atoms with Gasteiger partial charge < -0.3 is 15.0 Å². The van der Waals surface area contributed by atoms with Crippen LogP contribution in [0.4, 0.5) is 11.6 Å². The summed E-state index contributed by atoms with van der Waals surface area (Å²) in [5, 5.41) is 19.5. The quantitative estimate of drug-likeness (QED) is 0.312. The molecule has 0 spiro atoms. The molecule has 10 heteroatoms. The van der Waals surface area contributed by atoms with Crippen molar-refractivity contribution < 1.29 is 9.53 Å². The molecular formula is C30H26N8O2. The van der Waals surface area contributed by atoms with Gasteiger partial charge >= 0.3 is 0 Å². The van der Waals surface area contributed by atoms with E-state index >= 15 is 0 Å². The third-order valence-corrected chi connectivity index (χ3v) is 7.03. The molecule has 40 heavy (non-hydrogen) atoms. The number of benzene rings is 2. The third kappa shape index (κ3) is 4.80. The summed E-state index contributed by atoms with van der Waals surface area (Å²) in [6.07, 6.45) is 4.33. The molecule has 0 atom stereocenters. The number of anilines is 2. The number of nitriles is 1. The molecule has 1 amide bonds. The van der Waals surface area contributed by atoms with Crippen LogP contribution < -0.4 is 10.1 Å². The maximum Gasteiger partial charge on any atom is 0.245 e. The van der Waals surface area contributed by atoms with Gasteiger partial charge in [-0.1, -0.05) is 30.8 Å². The van der Waals surface area contributed by atoms with Crippen molar-refractivity contribution in [3.05, 3.63) is 79.0 Å². The highest BCUT2D eigenvalue weighted by Crippen LogP contribution is 2.30. The number of pyridine rings is 1. The average molecular weight is 531 g/mol. The van der Waals surface area contributed by atoms with Gasteiger partial charge in [0.2, 0.25) is 17.7 Å². The Bertz CT molecular complexity index is 1800. The molecule has 1 fully saturated rings. The van der Waals surface area contributed by atoms with Crippen molar-refractivity contribution in [2.24, 2.45) is 7.05 Å². The highest BCUT2D eigenvalue weighted by Gasteiger charge is 2.23. The van der Waals surface area contributed by atoms with Crippen LogP contribution in [0.1, 0.15) is 18.4 Å². The zero-order valence-electron chi connectivity index (χ0n) is 21.9. The number of nitrogens with zero attached hydrogens (tertiary/aromatic N) is 7. The Hall–Kier alpha value is -5.30. The molecule has 1 N–H and O–H groups in total. The smallest absolute Gasteiger partial charge is 0.245 e. The Morgan fingerprint density at radius 1 is 1.12 bits per heavy atom. The number of carbonyl (C=O) groups is 1. The van der Waals surface area contributed by atoms with Gasteiger partial charge in [0.05, 0.1) is 22.8 Å². The first-order valence-corrected chi connectivity index (χ1v) is 13.0. The zero-order valence-corrected chi connectivity index (χ0v) is 21.9. The van der Waals surface area contributed by atoms with Gasteiger partial charge in [0.15, 0.2) is 0 Å². The fraction of sp³-hybridized carbons (Fsp3) is 0.200. The number of aryl methyl sites for hydroxylation is 1. The van der Waals surface area contributed by atoms with Gasteiger partial charge in [0.25, 0.3) is 0 Å². The molecule has 0 aliphatic carbocycles. The van der Waals surface area contributed by atoms with E-state index in [1.807, 2.05) is 61.6 Å². The Balaban J connectivity index is 1.23. The molecule has 10 nitrogen and oxygen atoms in total. The second-order valence-electron chi connectivity index (χ2n) is 9.59. The van der Waals surface area contributed by atoms with Crippen LogP contribution in [0, 0.1) is 11.3 Å². The van der Waals surface area contributed by atoms with E-state index in [-0.39, 0.29) is 12.0 Å². The SMILES string of the molecule is C=CC(=O)N1CCC(Oc2ccc3ccc(Nc4ncc(C#N)c(-c5nn(C)c6ccccc56)n4)cc3n2)CC1. The Morgan fingerprint density at radius 2 is 1.93 bits per heavy atom. The topological polar surface area (TPSA) is 122 Å². The highest BCUT2D eigenvalue weighted by molar-refractivity contribution is 5.93. The van der Waals surface area contributed by atoms with Gasteiger partial charge in [0.1, 0.15) is 23.6 Å². The van der Waals surface area contributed by atoms with E-state index in [4.69, 9.17) is 9.72 Å². The third-order valence-electron chi connectivity index (χ3n) is 7.03. The van der Waals surface area contributed by atoms with Crippen LogP contribution in [0.2, 0.25) is 0 Å². The largest absolute Gasteiger partial charge is 0.474 e. The summed E-state index contributed by atoms with van der Waals surface area (Å²) in [5.41, 5.74) is 3.88. The summed E-state index contributed by atoms with van der Waals surface area (Å²) < 4.78 is 7.93. The van der Waals surface area contributed by atoms with Crippen molar-refractivity contribution in [3.63, 3.8) is 0 Å². The number of hydrogen-bond donors (Lipinski definition) is 1. The molecular weight excluding hydrogens is 504 g/mol. The Labute approximate surface area is 230 Å². The lowest BCUT2D eigenvalue weighted by Gasteiger charge is -2.31. The van der Waals surface area contributed by atoms with Gasteiger partial charge in [-0.05, 0) is 30.3 Å². The van der Waals surface area contributed by atoms with Crippen molar-refractivity contribution in [2.45, 2.75) is 18.9 Å². The molecule has 0 radical (unpaired) electrons. The van der Waals surface area contributed by atoms with Crippen LogP contribution in [-0.4, -0.2) is 54.7 Å². The van der Waals surface area contributed by atoms with Crippen molar-refractivity contribution in [3.8, 4) is 23.3 Å². The van der Waals surface area contributed by atoms with Crippen LogP contribution in [-0.2, 0) is 11.8 Å². The number of ether oxygens (including phenoxy) is 1. The number of fused-ring (bicyclic) bond motifs is 2. The normalized spacial score (nSPS) is 13.8. The van der Waals surface area contributed by atoms with Crippen LogP contribution in [0.5, 0.6) is 5.88 Å². The van der Waals surface area contributed by atoms with Crippen molar-refractivity contribution in [2.75, 3.05) is 18.4 Å². The molecule has 1 aliphatic rings. The van der Waals surface area contributed by atoms with E-state index in [0.717, 1.165) is 40.3 Å². The number of nitrogens with one attached hydrogen (secondary N) is 1. The monoisotopic (exact) mass is 530 g/mol. The summed E-state index contributed by atoms with van der Waals surface area (Å²) in [6, 6.07) is 19.6. The van der Waals surface area contributed by atoms with E-state index in [9.17, 15) is 10.1 Å². The lowest BCUT2D eigenvalue weighted by Crippen LogP contribution is -2.41. The van der Waals surface area contributed by atoms with Gasteiger partial charge in [0, 0.05) is 55.5 Å². The minimum absolute atomic E-state index is 0.00623. The molecule has 1 saturated heterocycles. The van der Waals surface area contributed by atoms with E-state index in [0.29, 0.717) is 41.9 Å². The lowest BCUT2D eigenvalue weighted by atomic mass is 10.1. The van der Waals surface area contributed by atoms with Crippen molar-refractivity contribution in [1.82, 2.24) is 29.6 Å². The number of para-hydroxylation sites is 1. The predicted octanol–water partition coefficient (Wildman–Crippen LogP) is 4.75. The second kappa shape index (κ2) is 10.5. The lowest BCUT2D eigenvalue weighted by molar-refractivity contribution is -0.127. The number of rotatable bonds is 6. The number of hydrogen-bond acceptors (Lipinski definition) is 8. The minimum atomic E-state index is -0.0472. The maximum atomic E-state index is 11.8. The molecule has 2 aromatic carbocycles. The number of likely N-dealkylation sites (tertiary alicyclic amines) is 1. The van der Waals surface area contributed by atoms with Gasteiger partial charge in [-0.2, -0.15) is 10.4 Å². The number of carbonyl (C=O) groups excluding carboxylic acids is 1. The minimum Gasteiger partial charge on any atom is -0.474 e. The molecule has 0 bridgehead atoms. The molecule has 3 aromatic heterocycles. The van der Waals surface area contributed by atoms with E-state index in [1.165, 1.54) is 12.3 Å². The molecule has 6 rings (SSSR count). The van der Waals surface area contributed by atoms with Crippen molar-refractivity contribution in [1.29, 1.82) is 5.26 Å². The number of piperidine rings is 1. The summed E-state index contributed by atoms with van der Waals surface area (Å²) in [4.78, 5) is 27.4. The van der Waals surface area contributed by atoms with Crippen LogP contribution in [0.25, 0.3) is 33.2 Å².